The number of nitrogens with one attached hydrogen (secondary N) is 3. The summed E-state index contributed by atoms with van der Waals surface area (Å²) in [6.07, 6.45) is 0. The number of nitro groups is 1. The smallest absolute Gasteiger partial charge is 0.310 e. The molecule has 1 aromatic heterocycles. The van der Waals surface area contributed by atoms with E-state index in [1.54, 1.807) is 36.4 Å². The zero-order valence-electron chi connectivity index (χ0n) is 18.9. The summed E-state index contributed by atoms with van der Waals surface area (Å²) in [5.41, 5.74) is 2.30. The lowest BCUT2D eigenvalue weighted by Gasteiger charge is -2.13. The number of benzene rings is 3. The summed E-state index contributed by atoms with van der Waals surface area (Å²) in [6, 6.07) is 19.9. The molecule has 0 unspecified atom stereocenters. The first-order chi connectivity index (χ1) is 17.3. The van der Waals surface area contributed by atoms with Crippen LogP contribution < -0.4 is 20.7 Å². The van der Waals surface area contributed by atoms with Crippen molar-refractivity contribution in [3.63, 3.8) is 0 Å². The highest BCUT2D eigenvalue weighted by Gasteiger charge is 2.16. The lowest BCUT2D eigenvalue weighted by atomic mass is 10.1. The first-order valence-electron chi connectivity index (χ1n) is 10.7. The lowest BCUT2D eigenvalue weighted by molar-refractivity contribution is -0.385. The Morgan fingerprint density at radius 2 is 1.78 bits per heavy atom. The van der Waals surface area contributed by atoms with Crippen LogP contribution in [-0.2, 0) is 4.79 Å². The predicted molar refractivity (Wildman–Crippen MR) is 138 cm³/mol. The highest BCUT2D eigenvalue weighted by atomic mass is 32.1. The van der Waals surface area contributed by atoms with Gasteiger partial charge in [0.25, 0.3) is 11.8 Å². The predicted octanol–water partition coefficient (Wildman–Crippen LogP) is 4.79. The third-order valence-corrected chi connectivity index (χ3v) is 5.26. The van der Waals surface area contributed by atoms with Crippen molar-refractivity contribution in [2.75, 3.05) is 17.2 Å². The maximum Gasteiger partial charge on any atom is 0.310 e. The summed E-state index contributed by atoms with van der Waals surface area (Å²) in [5.74, 6) is -0.786. The Morgan fingerprint density at radius 3 is 2.53 bits per heavy atom. The summed E-state index contributed by atoms with van der Waals surface area (Å²) in [4.78, 5) is 35.2. The number of furan rings is 1. The van der Waals surface area contributed by atoms with Gasteiger partial charge >= 0.3 is 5.69 Å². The largest absolute Gasteiger partial charge is 0.477 e. The van der Waals surface area contributed by atoms with E-state index < -0.39 is 17.4 Å². The monoisotopic (exact) mass is 504 g/mol. The minimum atomic E-state index is -0.593. The standard InChI is InChI=1S/C25H20N4O6S/c1-15-12-17(10-11-18(15)27-24(31)22-13-16-6-2-4-8-20(16)35-22)26-25(36)28-23(30)14-34-21-9-5-3-7-19(21)29(32)33/h2-13H,14H2,1H3,(H,27,31)(H2,26,28,30,36). The van der Waals surface area contributed by atoms with E-state index in [2.05, 4.69) is 16.0 Å². The minimum Gasteiger partial charge on any atom is -0.477 e. The molecule has 1 heterocycles. The van der Waals surface area contributed by atoms with Crippen molar-refractivity contribution in [1.29, 1.82) is 0 Å². The van der Waals surface area contributed by atoms with Crippen LogP contribution in [-0.4, -0.2) is 28.5 Å². The molecule has 2 amide bonds. The number of ether oxygens (including phenoxy) is 1. The van der Waals surface area contributed by atoms with Crippen LogP contribution in [0.4, 0.5) is 17.1 Å². The van der Waals surface area contributed by atoms with Crippen LogP contribution in [0.5, 0.6) is 5.75 Å². The van der Waals surface area contributed by atoms with Gasteiger partial charge in [-0.15, -0.1) is 0 Å². The van der Waals surface area contributed by atoms with Crippen LogP contribution in [0, 0.1) is 17.0 Å². The van der Waals surface area contributed by atoms with Gasteiger partial charge in [-0.25, -0.2) is 0 Å². The number of para-hydroxylation sites is 3. The number of nitrogens with zero attached hydrogens (tertiary/aromatic N) is 1. The summed E-state index contributed by atoms with van der Waals surface area (Å²) in [6.45, 7) is 1.35. The Morgan fingerprint density at radius 1 is 1.03 bits per heavy atom. The molecule has 0 aliphatic heterocycles. The van der Waals surface area contributed by atoms with Crippen LogP contribution >= 0.6 is 12.2 Å². The number of hydrogen-bond acceptors (Lipinski definition) is 7. The molecule has 11 heteroatoms. The molecular weight excluding hydrogens is 484 g/mol. The third-order valence-electron chi connectivity index (χ3n) is 5.06. The molecule has 0 radical (unpaired) electrons. The van der Waals surface area contributed by atoms with E-state index in [4.69, 9.17) is 21.4 Å². The minimum absolute atomic E-state index is 0.0182. The van der Waals surface area contributed by atoms with Gasteiger partial charge in [0.2, 0.25) is 0 Å². The molecule has 182 valence electrons. The Hall–Kier alpha value is -4.77. The van der Waals surface area contributed by atoms with Gasteiger partial charge in [-0.05, 0) is 61.1 Å². The second-order valence-corrected chi connectivity index (χ2v) is 8.06. The molecule has 0 aliphatic carbocycles. The Bertz CT molecular complexity index is 1450. The van der Waals surface area contributed by atoms with Crippen molar-refractivity contribution < 1.29 is 23.7 Å². The second kappa shape index (κ2) is 10.7. The number of aryl methyl sites for hydroxylation is 1. The quantitative estimate of drug-likeness (QED) is 0.186. The molecule has 0 fully saturated rings. The van der Waals surface area contributed by atoms with Crippen molar-refractivity contribution in [1.82, 2.24) is 5.32 Å². The molecule has 3 aromatic carbocycles. The molecule has 10 nitrogen and oxygen atoms in total. The van der Waals surface area contributed by atoms with E-state index in [0.717, 1.165) is 10.9 Å². The fraction of sp³-hybridized carbons (Fsp3) is 0.0800. The first kappa shape index (κ1) is 24.4. The van der Waals surface area contributed by atoms with Gasteiger partial charge in [0.05, 0.1) is 4.92 Å². The zero-order valence-corrected chi connectivity index (χ0v) is 19.8. The number of nitro benzene ring substituents is 1. The molecule has 0 saturated heterocycles. The molecule has 0 aliphatic rings. The Kier molecular flexibility index (Phi) is 7.21. The number of hydrogen-bond donors (Lipinski definition) is 3. The molecule has 4 rings (SSSR count). The van der Waals surface area contributed by atoms with Crippen molar-refractivity contribution in [3.8, 4) is 5.75 Å². The Balaban J connectivity index is 1.31. The maximum atomic E-state index is 12.6. The van der Waals surface area contributed by atoms with Crippen LogP contribution in [0.25, 0.3) is 11.0 Å². The maximum absolute atomic E-state index is 12.6. The Labute approximate surface area is 210 Å². The number of carbonyl (C=O) groups is 2. The van der Waals surface area contributed by atoms with Crippen LogP contribution in [0.3, 0.4) is 0 Å². The average Bonchev–Trinajstić information content (AvgIpc) is 3.29. The summed E-state index contributed by atoms with van der Waals surface area (Å²) in [7, 11) is 0. The summed E-state index contributed by atoms with van der Waals surface area (Å²) >= 11 is 5.16. The first-order valence-corrected chi connectivity index (χ1v) is 11.1. The van der Waals surface area contributed by atoms with Gasteiger partial charge in [0.15, 0.2) is 23.2 Å². The van der Waals surface area contributed by atoms with Gasteiger partial charge in [0, 0.05) is 22.8 Å². The molecule has 3 N–H and O–H groups in total. The molecule has 4 aromatic rings. The third kappa shape index (κ3) is 5.83. The molecular formula is C25H20N4O6S. The van der Waals surface area contributed by atoms with Gasteiger partial charge in [-0.2, -0.15) is 0 Å². The summed E-state index contributed by atoms with van der Waals surface area (Å²) < 4.78 is 10.8. The fourth-order valence-corrected chi connectivity index (χ4v) is 3.59. The molecule has 0 atom stereocenters. The molecule has 0 saturated carbocycles. The molecule has 0 bridgehead atoms. The lowest BCUT2D eigenvalue weighted by Crippen LogP contribution is -2.37. The van der Waals surface area contributed by atoms with Crippen molar-refractivity contribution in [2.24, 2.45) is 0 Å². The average molecular weight is 505 g/mol. The van der Waals surface area contributed by atoms with Gasteiger partial charge in [-0.1, -0.05) is 30.3 Å². The SMILES string of the molecule is Cc1cc(NC(=S)NC(=O)COc2ccccc2[N+](=O)[O-])ccc1NC(=O)c1cc2ccccc2o1. The van der Waals surface area contributed by atoms with E-state index in [1.165, 1.54) is 18.2 Å². The molecule has 0 spiro atoms. The van der Waals surface area contributed by atoms with Crippen LogP contribution in [0.15, 0.2) is 77.2 Å². The highest BCUT2D eigenvalue weighted by Crippen LogP contribution is 2.26. The van der Waals surface area contributed by atoms with Crippen molar-refractivity contribution >= 4 is 57.2 Å². The van der Waals surface area contributed by atoms with E-state index in [1.807, 2.05) is 25.1 Å². The number of anilines is 2. The van der Waals surface area contributed by atoms with Gasteiger partial charge in [0.1, 0.15) is 5.58 Å². The van der Waals surface area contributed by atoms with Crippen molar-refractivity contribution in [2.45, 2.75) is 6.92 Å². The summed E-state index contributed by atoms with van der Waals surface area (Å²) in [5, 5.41) is 20.0. The van der Waals surface area contributed by atoms with Gasteiger partial charge in [-0.3, -0.25) is 25.0 Å². The van der Waals surface area contributed by atoms with E-state index in [0.29, 0.717) is 17.0 Å². The fourth-order valence-electron chi connectivity index (χ4n) is 3.36. The zero-order chi connectivity index (χ0) is 25.7. The van der Waals surface area contributed by atoms with E-state index in [-0.39, 0.29) is 28.2 Å². The van der Waals surface area contributed by atoms with Crippen LogP contribution in [0.2, 0.25) is 0 Å². The van der Waals surface area contributed by atoms with E-state index >= 15 is 0 Å². The van der Waals surface area contributed by atoms with E-state index in [9.17, 15) is 19.7 Å². The number of fused-ring (bicyclic) bond motifs is 1. The van der Waals surface area contributed by atoms with Crippen LogP contribution in [0.1, 0.15) is 16.1 Å². The highest BCUT2D eigenvalue weighted by molar-refractivity contribution is 7.80. The van der Waals surface area contributed by atoms with Crippen molar-refractivity contribution in [3.05, 3.63) is 94.2 Å². The normalized spacial score (nSPS) is 10.5. The topological polar surface area (TPSA) is 136 Å². The van der Waals surface area contributed by atoms with Gasteiger partial charge < -0.3 is 19.8 Å². The number of carbonyl (C=O) groups excluding carboxylic acids is 2. The number of rotatable bonds is 7. The molecule has 36 heavy (non-hydrogen) atoms. The number of thiocarbonyl (C=S) groups is 1. The second-order valence-electron chi connectivity index (χ2n) is 7.65. The number of amides is 2.